The molecule has 4 aromatic carbocycles. The van der Waals surface area contributed by atoms with Gasteiger partial charge in [-0.25, -0.2) is 9.13 Å². The van der Waals surface area contributed by atoms with E-state index in [0.29, 0.717) is 0 Å². The molecule has 7 rings (SSSR count). The fraction of sp³-hybridized carbons (Fsp3) is 0.107. The van der Waals surface area contributed by atoms with Crippen molar-refractivity contribution >= 4 is 54.9 Å². The Bertz CT molecular complexity index is 1820. The summed E-state index contributed by atoms with van der Waals surface area (Å²) in [4.78, 5) is 0. The summed E-state index contributed by atoms with van der Waals surface area (Å²) in [5.74, 6) is 1.16. The highest BCUT2D eigenvalue weighted by atomic mass is 16.3. The first kappa shape index (κ1) is 17.6. The molecule has 4 heteroatoms. The normalized spacial score (nSPS) is 12.2. The summed E-state index contributed by atoms with van der Waals surface area (Å²) < 4.78 is 17.0. The lowest BCUT2D eigenvalue weighted by atomic mass is 10.0. The van der Waals surface area contributed by atoms with Gasteiger partial charge in [0.1, 0.15) is 22.3 Å². The summed E-state index contributed by atoms with van der Waals surface area (Å²) in [5.41, 5.74) is 8.38. The predicted molar refractivity (Wildman–Crippen MR) is 129 cm³/mol. The van der Waals surface area contributed by atoms with Gasteiger partial charge in [0.15, 0.2) is 11.0 Å². The van der Waals surface area contributed by atoms with E-state index in [0.717, 1.165) is 49.7 Å². The molecule has 0 aliphatic heterocycles. The van der Waals surface area contributed by atoms with E-state index in [9.17, 15) is 0 Å². The van der Waals surface area contributed by atoms with E-state index in [1.54, 1.807) is 0 Å². The van der Waals surface area contributed by atoms with Crippen LogP contribution in [0.1, 0.15) is 5.56 Å². The van der Waals surface area contributed by atoms with Crippen molar-refractivity contribution in [1.82, 2.24) is 4.57 Å². The summed E-state index contributed by atoms with van der Waals surface area (Å²) >= 11 is 0. The van der Waals surface area contributed by atoms with Crippen molar-refractivity contribution in [2.24, 2.45) is 14.1 Å². The van der Waals surface area contributed by atoms with Crippen LogP contribution in [-0.4, -0.2) is 4.57 Å². The highest BCUT2D eigenvalue weighted by molar-refractivity contribution is 6.15. The first-order valence-corrected chi connectivity index (χ1v) is 10.8. The van der Waals surface area contributed by atoms with E-state index in [4.69, 9.17) is 8.83 Å². The van der Waals surface area contributed by atoms with Gasteiger partial charge >= 0.3 is 0 Å². The number of aromatic nitrogens is 2. The number of para-hydroxylation sites is 3. The van der Waals surface area contributed by atoms with Gasteiger partial charge in [0.2, 0.25) is 0 Å². The van der Waals surface area contributed by atoms with Gasteiger partial charge in [0.05, 0.1) is 19.7 Å². The zero-order valence-electron chi connectivity index (χ0n) is 18.1. The van der Waals surface area contributed by atoms with E-state index in [1.807, 2.05) is 18.2 Å². The zero-order valence-corrected chi connectivity index (χ0v) is 18.1. The van der Waals surface area contributed by atoms with Gasteiger partial charge in [-0.2, -0.15) is 0 Å². The van der Waals surface area contributed by atoms with Crippen LogP contribution in [-0.2, 0) is 14.1 Å². The van der Waals surface area contributed by atoms with E-state index in [2.05, 4.69) is 84.8 Å². The Labute approximate surface area is 183 Å². The minimum atomic E-state index is 0.886. The minimum Gasteiger partial charge on any atom is -0.456 e. The Morgan fingerprint density at radius 1 is 0.688 bits per heavy atom. The molecule has 0 aliphatic rings. The summed E-state index contributed by atoms with van der Waals surface area (Å²) in [6.07, 6.45) is 0. The molecule has 0 spiro atoms. The summed E-state index contributed by atoms with van der Waals surface area (Å²) in [6.45, 7) is 2.17. The Kier molecular flexibility index (Phi) is 3.31. The van der Waals surface area contributed by atoms with Crippen LogP contribution >= 0.6 is 0 Å². The van der Waals surface area contributed by atoms with Crippen molar-refractivity contribution < 1.29 is 13.4 Å². The molecule has 3 aromatic heterocycles. The molecule has 0 bridgehead atoms. The first-order valence-electron chi connectivity index (χ1n) is 10.8. The highest BCUT2D eigenvalue weighted by Crippen LogP contribution is 2.38. The SMILES string of the molecule is Cc1cc2c(cc1-c1n(C)c3ccccc3[n+]1C)oc1cc3c(cc12)oc1ccccc13. The first-order chi connectivity index (χ1) is 15.6. The Balaban J connectivity index is 1.53. The number of hydrogen-bond donors (Lipinski definition) is 0. The largest absolute Gasteiger partial charge is 0.456 e. The van der Waals surface area contributed by atoms with Gasteiger partial charge in [-0.3, -0.25) is 0 Å². The maximum atomic E-state index is 6.39. The van der Waals surface area contributed by atoms with Gasteiger partial charge in [-0.1, -0.05) is 30.3 Å². The monoisotopic (exact) mass is 417 g/mol. The molecule has 0 radical (unpaired) electrons. The number of benzene rings is 4. The van der Waals surface area contributed by atoms with Crippen molar-refractivity contribution in [3.63, 3.8) is 0 Å². The smallest absolute Gasteiger partial charge is 0.289 e. The molecular weight excluding hydrogens is 396 g/mol. The lowest BCUT2D eigenvalue weighted by Crippen LogP contribution is -2.30. The maximum absolute atomic E-state index is 6.39. The predicted octanol–water partition coefficient (Wildman–Crippen LogP) is 6.78. The Morgan fingerprint density at radius 2 is 1.31 bits per heavy atom. The van der Waals surface area contributed by atoms with Crippen molar-refractivity contribution in [1.29, 1.82) is 0 Å². The van der Waals surface area contributed by atoms with Crippen molar-refractivity contribution in [2.75, 3.05) is 0 Å². The molecule has 32 heavy (non-hydrogen) atoms. The molecule has 0 saturated heterocycles. The van der Waals surface area contributed by atoms with Gasteiger partial charge in [-0.15, -0.1) is 0 Å². The van der Waals surface area contributed by atoms with E-state index < -0.39 is 0 Å². The molecule has 0 aliphatic carbocycles. The fourth-order valence-electron chi connectivity index (χ4n) is 5.23. The molecule has 4 nitrogen and oxygen atoms in total. The lowest BCUT2D eigenvalue weighted by Gasteiger charge is -2.04. The van der Waals surface area contributed by atoms with Gasteiger partial charge in [-0.05, 0) is 55.0 Å². The molecule has 0 N–H and O–H groups in total. The number of imidazole rings is 1. The van der Waals surface area contributed by atoms with Crippen LogP contribution < -0.4 is 4.57 Å². The molecule has 7 aromatic rings. The highest BCUT2D eigenvalue weighted by Gasteiger charge is 2.24. The van der Waals surface area contributed by atoms with E-state index in [-0.39, 0.29) is 0 Å². The average molecular weight is 417 g/mol. The standard InChI is InChI=1S/C28H21N2O2/c1-16-12-19-21-15-26-20(17-8-4-7-11-24(17)31-26)14-27(21)32-25(19)13-18(16)28-29(2)22-9-5-6-10-23(22)30(28)3/h4-15H,1-3H3/q+1. The molecule has 0 amide bonds. The lowest BCUT2D eigenvalue weighted by molar-refractivity contribution is -0.634. The third-order valence-corrected chi connectivity index (χ3v) is 6.80. The van der Waals surface area contributed by atoms with E-state index >= 15 is 0 Å². The second kappa shape index (κ2) is 6.01. The van der Waals surface area contributed by atoms with Crippen LogP contribution in [0.3, 0.4) is 0 Å². The average Bonchev–Trinajstić information content (AvgIpc) is 3.42. The van der Waals surface area contributed by atoms with Crippen LogP contribution in [0.4, 0.5) is 0 Å². The third-order valence-electron chi connectivity index (χ3n) is 6.80. The molecule has 0 unspecified atom stereocenters. The second-order valence-corrected chi connectivity index (χ2v) is 8.64. The topological polar surface area (TPSA) is 35.1 Å². The maximum Gasteiger partial charge on any atom is 0.289 e. The van der Waals surface area contributed by atoms with Crippen LogP contribution in [0.15, 0.2) is 81.6 Å². The molecule has 3 heterocycles. The van der Waals surface area contributed by atoms with Crippen LogP contribution in [0.25, 0.3) is 66.3 Å². The molecule has 154 valence electrons. The summed E-state index contributed by atoms with van der Waals surface area (Å²) in [6, 6.07) is 25.3. The Morgan fingerprint density at radius 3 is 2.12 bits per heavy atom. The van der Waals surface area contributed by atoms with Crippen molar-refractivity contribution in [3.05, 3.63) is 78.4 Å². The molecule has 0 saturated carbocycles. The molecular formula is C28H21N2O2+. The minimum absolute atomic E-state index is 0.886. The fourth-order valence-corrected chi connectivity index (χ4v) is 5.23. The number of aryl methyl sites for hydroxylation is 3. The zero-order chi connectivity index (χ0) is 21.6. The van der Waals surface area contributed by atoms with Crippen molar-refractivity contribution in [2.45, 2.75) is 6.92 Å². The quantitative estimate of drug-likeness (QED) is 0.276. The van der Waals surface area contributed by atoms with Crippen molar-refractivity contribution in [3.8, 4) is 11.4 Å². The number of hydrogen-bond acceptors (Lipinski definition) is 2. The Hall–Kier alpha value is -4.05. The second-order valence-electron chi connectivity index (χ2n) is 8.64. The van der Waals surface area contributed by atoms with Gasteiger partial charge in [0.25, 0.3) is 5.82 Å². The third kappa shape index (κ3) is 2.19. The van der Waals surface area contributed by atoms with Crippen LogP contribution in [0, 0.1) is 6.92 Å². The number of furan rings is 2. The number of nitrogens with zero attached hydrogens (tertiary/aromatic N) is 2. The molecule has 0 fully saturated rings. The van der Waals surface area contributed by atoms with Crippen LogP contribution in [0.5, 0.6) is 0 Å². The van der Waals surface area contributed by atoms with E-state index in [1.165, 1.54) is 22.2 Å². The number of rotatable bonds is 1. The summed E-state index contributed by atoms with van der Waals surface area (Å²) in [7, 11) is 4.25. The van der Waals surface area contributed by atoms with Gasteiger partial charge in [0, 0.05) is 21.5 Å². The van der Waals surface area contributed by atoms with Crippen LogP contribution in [0.2, 0.25) is 0 Å². The molecule has 0 atom stereocenters. The van der Waals surface area contributed by atoms with Gasteiger partial charge < -0.3 is 8.83 Å². The number of fused-ring (bicyclic) bond motifs is 7. The summed E-state index contributed by atoms with van der Waals surface area (Å²) in [5, 5.41) is 4.40.